The van der Waals surface area contributed by atoms with Crippen molar-refractivity contribution < 1.29 is 8.42 Å². The molecule has 2 N–H and O–H groups in total. The zero-order chi connectivity index (χ0) is 16.7. The van der Waals surface area contributed by atoms with Gasteiger partial charge in [-0.2, -0.15) is 0 Å². The van der Waals surface area contributed by atoms with Gasteiger partial charge in [-0.3, -0.25) is 0 Å². The van der Waals surface area contributed by atoms with Gasteiger partial charge in [0.1, 0.15) is 0 Å². The van der Waals surface area contributed by atoms with E-state index in [0.717, 1.165) is 36.0 Å². The molecular weight excluding hydrogens is 320 g/mol. The molecular formula is C19H20N2O2S. The number of aromatic nitrogens is 1. The lowest BCUT2D eigenvalue weighted by atomic mass is 9.94. The van der Waals surface area contributed by atoms with Gasteiger partial charge in [0.15, 0.2) is 0 Å². The Morgan fingerprint density at radius 2 is 1.83 bits per heavy atom. The van der Waals surface area contributed by atoms with E-state index in [2.05, 4.69) is 10.3 Å². The van der Waals surface area contributed by atoms with Crippen LogP contribution >= 0.6 is 0 Å². The van der Waals surface area contributed by atoms with E-state index in [-0.39, 0.29) is 0 Å². The number of aromatic amines is 1. The van der Waals surface area contributed by atoms with E-state index in [9.17, 15) is 8.42 Å². The van der Waals surface area contributed by atoms with E-state index < -0.39 is 9.84 Å². The Morgan fingerprint density at radius 1 is 1.04 bits per heavy atom. The van der Waals surface area contributed by atoms with Gasteiger partial charge in [0.2, 0.25) is 9.84 Å². The summed E-state index contributed by atoms with van der Waals surface area (Å²) in [4.78, 5) is 3.79. The summed E-state index contributed by atoms with van der Waals surface area (Å²) in [5.74, 6) is 0.484. The zero-order valence-corrected chi connectivity index (χ0v) is 14.4. The van der Waals surface area contributed by atoms with Crippen LogP contribution in [0.1, 0.15) is 23.5 Å². The number of fused-ring (bicyclic) bond motifs is 1. The molecule has 1 unspecified atom stereocenters. The van der Waals surface area contributed by atoms with Gasteiger partial charge in [-0.25, -0.2) is 8.42 Å². The molecule has 0 bridgehead atoms. The average molecular weight is 340 g/mol. The molecule has 3 aromatic rings. The fourth-order valence-electron chi connectivity index (χ4n) is 3.53. The van der Waals surface area contributed by atoms with Gasteiger partial charge in [0.25, 0.3) is 0 Å². The second-order valence-corrected chi connectivity index (χ2v) is 8.39. The standard InChI is InChI=1S/C19H20N2O2S/c1-13-10-16(2-4-18(13)15-6-8-20-12-15)24(22,23)17-3-5-19-14(11-17)7-9-21-19/h2-5,7,9-11,15,20-21H,6,8,12H2,1H3. The molecule has 5 heteroatoms. The fourth-order valence-corrected chi connectivity index (χ4v) is 4.91. The van der Waals surface area contributed by atoms with Crippen molar-refractivity contribution in [1.29, 1.82) is 0 Å². The van der Waals surface area contributed by atoms with Gasteiger partial charge < -0.3 is 10.3 Å². The average Bonchev–Trinajstić information content (AvgIpc) is 3.25. The minimum absolute atomic E-state index is 0.337. The highest BCUT2D eigenvalue weighted by Gasteiger charge is 2.22. The maximum Gasteiger partial charge on any atom is 0.206 e. The predicted molar refractivity (Wildman–Crippen MR) is 95.2 cm³/mol. The molecule has 1 fully saturated rings. The fraction of sp³-hybridized carbons (Fsp3) is 0.263. The molecule has 0 amide bonds. The van der Waals surface area contributed by atoms with Gasteiger partial charge in [-0.05, 0) is 73.3 Å². The number of benzene rings is 2. The molecule has 1 atom stereocenters. The van der Waals surface area contributed by atoms with Crippen molar-refractivity contribution in [2.24, 2.45) is 0 Å². The van der Waals surface area contributed by atoms with Crippen molar-refractivity contribution in [2.75, 3.05) is 13.1 Å². The first-order valence-corrected chi connectivity index (χ1v) is 9.67. The lowest BCUT2D eigenvalue weighted by Crippen LogP contribution is -2.09. The summed E-state index contributed by atoms with van der Waals surface area (Å²) in [6, 6.07) is 12.6. The van der Waals surface area contributed by atoms with Crippen LogP contribution in [-0.4, -0.2) is 26.5 Å². The molecule has 1 aromatic heterocycles. The molecule has 1 aliphatic rings. The summed E-state index contributed by atoms with van der Waals surface area (Å²) in [6.45, 7) is 4.00. The van der Waals surface area contributed by atoms with E-state index in [1.54, 1.807) is 18.2 Å². The van der Waals surface area contributed by atoms with Crippen LogP contribution in [0.5, 0.6) is 0 Å². The van der Waals surface area contributed by atoms with Crippen LogP contribution in [0.4, 0.5) is 0 Å². The number of hydrogen-bond donors (Lipinski definition) is 2. The molecule has 4 rings (SSSR count). The molecule has 0 radical (unpaired) electrons. The highest BCUT2D eigenvalue weighted by atomic mass is 32.2. The third-order valence-electron chi connectivity index (χ3n) is 4.89. The second-order valence-electron chi connectivity index (χ2n) is 6.44. The van der Waals surface area contributed by atoms with Crippen molar-refractivity contribution in [3.05, 3.63) is 59.8 Å². The van der Waals surface area contributed by atoms with Crippen LogP contribution in [0, 0.1) is 6.92 Å². The summed E-state index contributed by atoms with van der Waals surface area (Å²) in [5.41, 5.74) is 3.24. The Bertz CT molecular complexity index is 999. The third kappa shape index (κ3) is 2.54. The third-order valence-corrected chi connectivity index (χ3v) is 6.64. The smallest absolute Gasteiger partial charge is 0.206 e. The molecule has 4 nitrogen and oxygen atoms in total. The van der Waals surface area contributed by atoms with E-state index in [4.69, 9.17) is 0 Å². The van der Waals surface area contributed by atoms with Gasteiger partial charge in [-0.1, -0.05) is 6.07 Å². The molecule has 0 spiro atoms. The Kier molecular flexibility index (Phi) is 3.70. The number of nitrogens with one attached hydrogen (secondary N) is 2. The highest BCUT2D eigenvalue weighted by molar-refractivity contribution is 7.91. The quantitative estimate of drug-likeness (QED) is 0.768. The Hall–Kier alpha value is -2.11. The Morgan fingerprint density at radius 3 is 2.58 bits per heavy atom. The number of hydrogen-bond acceptors (Lipinski definition) is 3. The maximum absolute atomic E-state index is 13.0. The Labute approximate surface area is 141 Å². The Balaban J connectivity index is 1.74. The maximum atomic E-state index is 13.0. The highest BCUT2D eigenvalue weighted by Crippen LogP contribution is 2.30. The van der Waals surface area contributed by atoms with Crippen LogP contribution < -0.4 is 5.32 Å². The van der Waals surface area contributed by atoms with E-state index in [1.165, 1.54) is 5.56 Å². The van der Waals surface area contributed by atoms with E-state index >= 15 is 0 Å². The number of aryl methyl sites for hydroxylation is 1. The lowest BCUT2D eigenvalue weighted by molar-refractivity contribution is 0.596. The molecule has 124 valence electrons. The summed E-state index contributed by atoms with van der Waals surface area (Å²) in [5, 5.41) is 4.27. The molecule has 0 aliphatic carbocycles. The first-order chi connectivity index (χ1) is 11.6. The molecule has 1 aliphatic heterocycles. The molecule has 1 saturated heterocycles. The summed E-state index contributed by atoms with van der Waals surface area (Å²) in [7, 11) is -3.50. The first-order valence-electron chi connectivity index (χ1n) is 8.19. The van der Waals surface area contributed by atoms with Gasteiger partial charge in [0.05, 0.1) is 9.79 Å². The van der Waals surface area contributed by atoms with Gasteiger partial charge in [-0.15, -0.1) is 0 Å². The van der Waals surface area contributed by atoms with Crippen molar-refractivity contribution in [1.82, 2.24) is 10.3 Å². The molecule has 0 saturated carbocycles. The first kappa shape index (κ1) is 15.4. The minimum atomic E-state index is -3.50. The molecule has 24 heavy (non-hydrogen) atoms. The number of H-pyrrole nitrogens is 1. The number of rotatable bonds is 3. The summed E-state index contributed by atoms with van der Waals surface area (Å²) < 4.78 is 25.9. The van der Waals surface area contributed by atoms with Crippen LogP contribution in [0.2, 0.25) is 0 Å². The molecule has 2 aromatic carbocycles. The van der Waals surface area contributed by atoms with Crippen LogP contribution in [0.3, 0.4) is 0 Å². The van der Waals surface area contributed by atoms with Crippen molar-refractivity contribution in [3.8, 4) is 0 Å². The topological polar surface area (TPSA) is 62.0 Å². The SMILES string of the molecule is Cc1cc(S(=O)(=O)c2ccc3[nH]ccc3c2)ccc1C1CCNC1. The lowest BCUT2D eigenvalue weighted by Gasteiger charge is -2.14. The second kappa shape index (κ2) is 5.76. The monoisotopic (exact) mass is 340 g/mol. The normalized spacial score (nSPS) is 18.3. The minimum Gasteiger partial charge on any atom is -0.361 e. The van der Waals surface area contributed by atoms with Gasteiger partial charge in [0, 0.05) is 23.6 Å². The van der Waals surface area contributed by atoms with Crippen LogP contribution in [0.25, 0.3) is 10.9 Å². The zero-order valence-electron chi connectivity index (χ0n) is 13.5. The summed E-state index contributed by atoms with van der Waals surface area (Å²) in [6.07, 6.45) is 2.92. The molecule has 2 heterocycles. The van der Waals surface area contributed by atoms with E-state index in [0.29, 0.717) is 15.7 Å². The van der Waals surface area contributed by atoms with Crippen molar-refractivity contribution in [3.63, 3.8) is 0 Å². The van der Waals surface area contributed by atoms with Crippen LogP contribution in [0.15, 0.2) is 58.5 Å². The van der Waals surface area contributed by atoms with Crippen LogP contribution in [-0.2, 0) is 9.84 Å². The number of sulfone groups is 1. The summed E-state index contributed by atoms with van der Waals surface area (Å²) >= 11 is 0. The van der Waals surface area contributed by atoms with Gasteiger partial charge >= 0.3 is 0 Å². The largest absolute Gasteiger partial charge is 0.361 e. The predicted octanol–water partition coefficient (Wildman–Crippen LogP) is 3.39. The van der Waals surface area contributed by atoms with Crippen molar-refractivity contribution in [2.45, 2.75) is 29.1 Å². The van der Waals surface area contributed by atoms with E-state index in [1.807, 2.05) is 37.4 Å². The van der Waals surface area contributed by atoms with Crippen molar-refractivity contribution >= 4 is 20.7 Å².